The van der Waals surface area contributed by atoms with E-state index in [0.717, 1.165) is 44.9 Å². The van der Waals surface area contributed by atoms with E-state index in [9.17, 15) is 5.11 Å². The summed E-state index contributed by atoms with van der Waals surface area (Å²) in [6, 6.07) is 0. The third-order valence-corrected chi connectivity index (χ3v) is 4.73. The Kier molecular flexibility index (Phi) is 8.63. The minimum absolute atomic E-state index is 0. The van der Waals surface area contributed by atoms with E-state index < -0.39 is 0 Å². The van der Waals surface area contributed by atoms with E-state index in [2.05, 4.69) is 41.0 Å². The summed E-state index contributed by atoms with van der Waals surface area (Å²) in [6.07, 6.45) is 2.50. The number of aryl methyl sites for hydroxylation is 2. The van der Waals surface area contributed by atoms with Gasteiger partial charge in [-0.3, -0.25) is 4.99 Å². The molecule has 0 saturated carbocycles. The predicted octanol–water partition coefficient (Wildman–Crippen LogP) is 2.21. The zero-order valence-corrected chi connectivity index (χ0v) is 16.8. The summed E-state index contributed by atoms with van der Waals surface area (Å²) in [5.74, 6) is 0.915. The van der Waals surface area contributed by atoms with Crippen LogP contribution in [0.3, 0.4) is 0 Å². The molecule has 0 amide bonds. The van der Waals surface area contributed by atoms with Crippen LogP contribution in [0.2, 0.25) is 0 Å². The molecule has 0 spiro atoms. The number of aromatic nitrogens is 1. The number of aliphatic hydroxyl groups excluding tert-OH is 1. The van der Waals surface area contributed by atoms with Crippen molar-refractivity contribution < 1.29 is 5.11 Å². The van der Waals surface area contributed by atoms with E-state index in [1.807, 2.05) is 0 Å². The maximum atomic E-state index is 9.65. The molecule has 2 rings (SSSR count). The zero-order valence-electron chi connectivity index (χ0n) is 13.6. The van der Waals surface area contributed by atoms with Crippen LogP contribution in [0.25, 0.3) is 0 Å². The summed E-state index contributed by atoms with van der Waals surface area (Å²) in [4.78, 5) is 12.8. The molecule has 0 aliphatic carbocycles. The number of β-amino-alcohol motifs (C(OH)–C–C–N with tert-alkyl or cyclic N) is 1. The van der Waals surface area contributed by atoms with Gasteiger partial charge in [0, 0.05) is 37.5 Å². The molecule has 2 heterocycles. The van der Waals surface area contributed by atoms with Gasteiger partial charge in [0.1, 0.15) is 0 Å². The standard InChI is InChI=1S/C15H26N4OS.HI/c1-4-13-11(3)21-14(18-13)6-8-17-15(16-5-2)19-9-7-12(20)10-19;/h12,20H,4-10H2,1-3H3,(H,16,17);1H/t12-;/m1./s1. The van der Waals surface area contributed by atoms with Gasteiger partial charge in [-0.05, 0) is 26.7 Å². The minimum atomic E-state index is -0.220. The number of halogens is 1. The Morgan fingerprint density at radius 1 is 1.50 bits per heavy atom. The van der Waals surface area contributed by atoms with Crippen molar-refractivity contribution in [3.63, 3.8) is 0 Å². The lowest BCUT2D eigenvalue weighted by atomic mass is 10.3. The van der Waals surface area contributed by atoms with Crippen LogP contribution in [0.4, 0.5) is 0 Å². The highest BCUT2D eigenvalue weighted by Gasteiger charge is 2.22. The number of aliphatic imine (C=N–C) groups is 1. The normalized spacial score (nSPS) is 18.5. The highest BCUT2D eigenvalue weighted by Crippen LogP contribution is 2.18. The first-order chi connectivity index (χ1) is 10.1. The van der Waals surface area contributed by atoms with Crippen molar-refractivity contribution in [2.45, 2.75) is 46.1 Å². The molecule has 1 aromatic rings. The number of aliphatic hydroxyl groups is 1. The van der Waals surface area contributed by atoms with Crippen LogP contribution in [0, 0.1) is 6.92 Å². The first kappa shape index (κ1) is 19.6. The van der Waals surface area contributed by atoms with Gasteiger partial charge < -0.3 is 15.3 Å². The smallest absolute Gasteiger partial charge is 0.194 e. The average molecular weight is 438 g/mol. The molecule has 0 aromatic carbocycles. The fourth-order valence-electron chi connectivity index (χ4n) is 2.54. The van der Waals surface area contributed by atoms with Crippen LogP contribution in [0.1, 0.15) is 35.8 Å². The number of likely N-dealkylation sites (tertiary alicyclic amines) is 1. The van der Waals surface area contributed by atoms with Crippen LogP contribution in [-0.4, -0.2) is 53.2 Å². The van der Waals surface area contributed by atoms with E-state index in [1.165, 1.54) is 15.6 Å². The molecule has 7 heteroatoms. The molecule has 1 saturated heterocycles. The van der Waals surface area contributed by atoms with Crippen molar-refractivity contribution in [1.82, 2.24) is 15.2 Å². The third-order valence-electron chi connectivity index (χ3n) is 3.66. The van der Waals surface area contributed by atoms with Crippen molar-refractivity contribution in [3.05, 3.63) is 15.6 Å². The quantitative estimate of drug-likeness (QED) is 0.421. The SMILES string of the molecule is CCNC(=NCCc1nc(CC)c(C)s1)N1CC[C@@H](O)C1.I. The molecule has 1 aliphatic rings. The van der Waals surface area contributed by atoms with Crippen molar-refractivity contribution in [2.75, 3.05) is 26.2 Å². The maximum absolute atomic E-state index is 9.65. The van der Waals surface area contributed by atoms with Gasteiger partial charge in [0.25, 0.3) is 0 Å². The van der Waals surface area contributed by atoms with Gasteiger partial charge in [0.15, 0.2) is 5.96 Å². The lowest BCUT2D eigenvalue weighted by Gasteiger charge is -2.20. The monoisotopic (exact) mass is 438 g/mol. The molecule has 2 N–H and O–H groups in total. The van der Waals surface area contributed by atoms with Crippen LogP contribution in [0.15, 0.2) is 4.99 Å². The number of rotatable bonds is 5. The van der Waals surface area contributed by atoms with Gasteiger partial charge in [-0.2, -0.15) is 0 Å². The Bertz CT molecular complexity index is 492. The van der Waals surface area contributed by atoms with Crippen molar-refractivity contribution in [2.24, 2.45) is 4.99 Å². The van der Waals surface area contributed by atoms with Crippen LogP contribution < -0.4 is 5.32 Å². The Morgan fingerprint density at radius 3 is 2.82 bits per heavy atom. The molecule has 5 nitrogen and oxygen atoms in total. The Morgan fingerprint density at radius 2 is 2.27 bits per heavy atom. The molecule has 1 atom stereocenters. The van der Waals surface area contributed by atoms with Crippen molar-refractivity contribution in [1.29, 1.82) is 0 Å². The number of nitrogens with zero attached hydrogens (tertiary/aromatic N) is 3. The molecule has 1 aliphatic heterocycles. The second-order valence-corrected chi connectivity index (χ2v) is 6.63. The molecule has 0 bridgehead atoms. The van der Waals surface area contributed by atoms with Crippen molar-refractivity contribution in [3.8, 4) is 0 Å². The topological polar surface area (TPSA) is 60.8 Å². The second-order valence-electron chi connectivity index (χ2n) is 5.34. The third kappa shape index (κ3) is 5.34. The number of hydrogen-bond acceptors (Lipinski definition) is 4. The van der Waals surface area contributed by atoms with Gasteiger partial charge in [-0.25, -0.2) is 4.98 Å². The maximum Gasteiger partial charge on any atom is 0.194 e. The molecular formula is C15H27IN4OS. The van der Waals surface area contributed by atoms with E-state index in [4.69, 9.17) is 0 Å². The molecule has 0 radical (unpaired) electrons. The summed E-state index contributed by atoms with van der Waals surface area (Å²) in [7, 11) is 0. The predicted molar refractivity (Wildman–Crippen MR) is 104 cm³/mol. The average Bonchev–Trinajstić information content (AvgIpc) is 3.04. The first-order valence-corrected chi connectivity index (χ1v) is 8.62. The Labute approximate surface area is 154 Å². The summed E-state index contributed by atoms with van der Waals surface area (Å²) >= 11 is 1.78. The van der Waals surface area contributed by atoms with Crippen LogP contribution >= 0.6 is 35.3 Å². The lowest BCUT2D eigenvalue weighted by molar-refractivity contribution is 0.188. The van der Waals surface area contributed by atoms with E-state index in [1.54, 1.807) is 11.3 Å². The molecule has 1 fully saturated rings. The summed E-state index contributed by atoms with van der Waals surface area (Å²) in [6.45, 7) is 9.50. The van der Waals surface area contributed by atoms with E-state index in [-0.39, 0.29) is 30.1 Å². The molecule has 0 unspecified atom stereocenters. The Hall–Kier alpha value is -0.410. The molecule has 22 heavy (non-hydrogen) atoms. The summed E-state index contributed by atoms with van der Waals surface area (Å²) < 4.78 is 0. The molecule has 126 valence electrons. The minimum Gasteiger partial charge on any atom is -0.391 e. The molecular weight excluding hydrogens is 411 g/mol. The van der Waals surface area contributed by atoms with E-state index in [0.29, 0.717) is 6.54 Å². The van der Waals surface area contributed by atoms with Crippen molar-refractivity contribution >= 4 is 41.3 Å². The van der Waals surface area contributed by atoms with Gasteiger partial charge >= 0.3 is 0 Å². The number of guanidine groups is 1. The Balaban J connectivity index is 0.00000242. The van der Waals surface area contributed by atoms with Gasteiger partial charge in [-0.15, -0.1) is 35.3 Å². The molecule has 1 aromatic heterocycles. The van der Waals surface area contributed by atoms with Gasteiger partial charge in [0.05, 0.1) is 16.8 Å². The highest BCUT2D eigenvalue weighted by atomic mass is 127. The second kappa shape index (κ2) is 9.67. The first-order valence-electron chi connectivity index (χ1n) is 7.80. The fraction of sp³-hybridized carbons (Fsp3) is 0.733. The number of nitrogens with one attached hydrogen (secondary N) is 1. The zero-order chi connectivity index (χ0) is 15.2. The van der Waals surface area contributed by atoms with Gasteiger partial charge in [-0.1, -0.05) is 6.92 Å². The van der Waals surface area contributed by atoms with E-state index >= 15 is 0 Å². The van der Waals surface area contributed by atoms with Crippen LogP contribution in [-0.2, 0) is 12.8 Å². The number of hydrogen-bond donors (Lipinski definition) is 2. The summed E-state index contributed by atoms with van der Waals surface area (Å²) in [5.41, 5.74) is 1.22. The largest absolute Gasteiger partial charge is 0.391 e. The lowest BCUT2D eigenvalue weighted by Crippen LogP contribution is -2.40. The van der Waals surface area contributed by atoms with Crippen LogP contribution in [0.5, 0.6) is 0 Å². The van der Waals surface area contributed by atoms with Gasteiger partial charge in [0.2, 0.25) is 0 Å². The fourth-order valence-corrected chi connectivity index (χ4v) is 3.55. The summed E-state index contributed by atoms with van der Waals surface area (Å²) in [5, 5.41) is 14.1. The highest BCUT2D eigenvalue weighted by molar-refractivity contribution is 14.0. The number of thiazole rings is 1.